The predicted octanol–water partition coefficient (Wildman–Crippen LogP) is 0.776. The Morgan fingerprint density at radius 3 is 1.78 bits per heavy atom. The lowest BCUT2D eigenvalue weighted by molar-refractivity contribution is 0.762. The lowest BCUT2D eigenvalue weighted by atomic mass is 10.7. The van der Waals surface area contributed by atoms with E-state index in [1.165, 1.54) is 0 Å². The van der Waals surface area contributed by atoms with Gasteiger partial charge in [0.15, 0.2) is 0 Å². The highest BCUT2D eigenvalue weighted by molar-refractivity contribution is 8.10. The lowest BCUT2D eigenvalue weighted by Crippen LogP contribution is -2.09. The number of nitrogens with one attached hydrogen (secondary N) is 1. The van der Waals surface area contributed by atoms with Crippen LogP contribution in [0.3, 0.4) is 0 Å². The molecule has 0 heterocycles. The summed E-state index contributed by atoms with van der Waals surface area (Å²) in [7, 11) is 0. The Hall–Kier alpha value is 0.200. The minimum absolute atomic E-state index is 0.194. The summed E-state index contributed by atoms with van der Waals surface area (Å²) in [6.45, 7) is 6.39. The van der Waals surface area contributed by atoms with Crippen molar-refractivity contribution in [2.45, 2.75) is 13.8 Å². The van der Waals surface area contributed by atoms with Gasteiger partial charge in [0, 0.05) is 0 Å². The molecule has 0 aromatic heterocycles. The smallest absolute Gasteiger partial charge is 0.128 e. The molecule has 0 aromatic rings. The highest BCUT2D eigenvalue weighted by atomic mass is 32.1. The van der Waals surface area contributed by atoms with E-state index in [1.54, 1.807) is 0 Å². The molecule has 0 saturated carbocycles. The van der Waals surface area contributed by atoms with E-state index in [1.807, 2.05) is 0 Å². The second-order valence-electron chi connectivity index (χ2n) is 1.30. The fraction of sp³-hybridized carbons (Fsp3) is 0.800. The maximum Gasteiger partial charge on any atom is 0.128 e. The standard InChI is InChI=1S/C4H11N.CH3NS2/c1-3-5-4-2;2-1(3)4/h5H,3-4H2,1-2H3;(H3,2,3,4). The number of rotatable bonds is 2. The fourth-order valence-corrected chi connectivity index (χ4v) is 0.250. The Bertz CT molecular complexity index is 60.0. The predicted molar refractivity (Wildman–Crippen MR) is 50.0 cm³/mol. The molecule has 0 bridgehead atoms. The van der Waals surface area contributed by atoms with Crippen molar-refractivity contribution in [1.82, 2.24) is 5.32 Å². The molecular weight excluding hydrogens is 152 g/mol. The van der Waals surface area contributed by atoms with E-state index >= 15 is 0 Å². The number of thiol groups is 1. The van der Waals surface area contributed by atoms with E-state index in [9.17, 15) is 0 Å². The highest BCUT2D eigenvalue weighted by Crippen LogP contribution is 1.63. The first-order chi connectivity index (χ1) is 4.15. The van der Waals surface area contributed by atoms with Crippen LogP contribution >= 0.6 is 24.8 Å². The first kappa shape index (κ1) is 11.9. The maximum atomic E-state index is 4.71. The molecule has 0 radical (unpaired) electrons. The third-order valence-electron chi connectivity index (χ3n) is 0.500. The summed E-state index contributed by atoms with van der Waals surface area (Å²) in [6, 6.07) is 0. The highest BCUT2D eigenvalue weighted by Gasteiger charge is 1.62. The average molecular weight is 166 g/mol. The zero-order chi connectivity index (χ0) is 7.70. The van der Waals surface area contributed by atoms with Gasteiger partial charge < -0.3 is 11.1 Å². The second kappa shape index (κ2) is 11.1. The molecule has 0 unspecified atom stereocenters. The molecule has 3 N–H and O–H groups in total. The van der Waals surface area contributed by atoms with E-state index in [2.05, 4.69) is 44.0 Å². The van der Waals surface area contributed by atoms with E-state index in [0.29, 0.717) is 0 Å². The molecule has 56 valence electrons. The Morgan fingerprint density at radius 1 is 1.56 bits per heavy atom. The molecule has 0 aliphatic rings. The Kier molecular flexibility index (Phi) is 14.7. The number of nitrogens with two attached hydrogens (primary N) is 1. The van der Waals surface area contributed by atoms with Crippen molar-refractivity contribution in [3.8, 4) is 0 Å². The van der Waals surface area contributed by atoms with Gasteiger partial charge in [0.05, 0.1) is 0 Å². The van der Waals surface area contributed by atoms with Gasteiger partial charge in [-0.15, -0.1) is 12.6 Å². The van der Waals surface area contributed by atoms with Crippen LogP contribution in [-0.4, -0.2) is 17.4 Å². The molecule has 0 aromatic carbocycles. The van der Waals surface area contributed by atoms with E-state index in [0.717, 1.165) is 13.1 Å². The van der Waals surface area contributed by atoms with E-state index in [4.69, 9.17) is 5.73 Å². The van der Waals surface area contributed by atoms with Crippen LogP contribution in [-0.2, 0) is 0 Å². The Morgan fingerprint density at radius 2 is 1.78 bits per heavy atom. The van der Waals surface area contributed by atoms with Gasteiger partial charge in [-0.25, -0.2) is 0 Å². The summed E-state index contributed by atoms with van der Waals surface area (Å²) in [5.41, 5.74) is 4.71. The summed E-state index contributed by atoms with van der Waals surface area (Å²) in [5, 5.41) is 3.11. The number of thiocarbonyl (C=S) groups is 1. The third kappa shape index (κ3) is 65.1. The van der Waals surface area contributed by atoms with Crippen molar-refractivity contribution in [3.05, 3.63) is 0 Å². The summed E-state index contributed by atoms with van der Waals surface area (Å²) in [5.74, 6) is 0. The molecule has 0 amide bonds. The largest absolute Gasteiger partial charge is 0.385 e. The lowest BCUT2D eigenvalue weighted by Gasteiger charge is -1.86. The monoisotopic (exact) mass is 166 g/mol. The van der Waals surface area contributed by atoms with Gasteiger partial charge in [0.25, 0.3) is 0 Å². The molecule has 0 spiro atoms. The van der Waals surface area contributed by atoms with Crippen molar-refractivity contribution >= 4 is 29.2 Å². The Labute approximate surface area is 67.6 Å². The quantitative estimate of drug-likeness (QED) is 0.419. The van der Waals surface area contributed by atoms with Gasteiger partial charge in [-0.2, -0.15) is 0 Å². The molecule has 0 rings (SSSR count). The van der Waals surface area contributed by atoms with Crippen LogP contribution in [0.15, 0.2) is 0 Å². The van der Waals surface area contributed by atoms with Crippen molar-refractivity contribution in [1.29, 1.82) is 0 Å². The topological polar surface area (TPSA) is 38.0 Å². The van der Waals surface area contributed by atoms with Crippen molar-refractivity contribution in [3.63, 3.8) is 0 Å². The molecule has 0 saturated heterocycles. The van der Waals surface area contributed by atoms with Gasteiger partial charge in [0.2, 0.25) is 0 Å². The molecule has 2 nitrogen and oxygen atoms in total. The van der Waals surface area contributed by atoms with Crippen LogP contribution < -0.4 is 11.1 Å². The zero-order valence-corrected chi connectivity index (χ0v) is 7.56. The molecule has 0 atom stereocenters. The molecular formula is C5H14N2S2. The normalized spacial score (nSPS) is 7.44. The maximum absolute atomic E-state index is 4.71. The molecule has 0 aliphatic carbocycles. The molecule has 4 heteroatoms. The SMILES string of the molecule is CCNCC.NC(=S)S. The average Bonchev–Trinajstić information content (AvgIpc) is 1.66. The summed E-state index contributed by atoms with van der Waals surface area (Å²) in [4.78, 5) is 0. The minimum atomic E-state index is 0.194. The van der Waals surface area contributed by atoms with Crippen molar-refractivity contribution in [2.24, 2.45) is 5.73 Å². The summed E-state index contributed by atoms with van der Waals surface area (Å²) < 4.78 is 0.194. The van der Waals surface area contributed by atoms with Crippen LogP contribution in [0, 0.1) is 0 Å². The van der Waals surface area contributed by atoms with Gasteiger partial charge in [-0.05, 0) is 13.1 Å². The van der Waals surface area contributed by atoms with Gasteiger partial charge in [-0.1, -0.05) is 26.1 Å². The minimum Gasteiger partial charge on any atom is -0.385 e. The van der Waals surface area contributed by atoms with Crippen LogP contribution in [0.25, 0.3) is 0 Å². The van der Waals surface area contributed by atoms with E-state index < -0.39 is 0 Å². The molecule has 0 aliphatic heterocycles. The van der Waals surface area contributed by atoms with Crippen LogP contribution in [0.2, 0.25) is 0 Å². The van der Waals surface area contributed by atoms with Crippen molar-refractivity contribution in [2.75, 3.05) is 13.1 Å². The van der Waals surface area contributed by atoms with Gasteiger partial charge in [-0.3, -0.25) is 0 Å². The fourth-order valence-electron chi connectivity index (χ4n) is 0.250. The first-order valence-electron chi connectivity index (χ1n) is 2.84. The van der Waals surface area contributed by atoms with Gasteiger partial charge >= 0.3 is 0 Å². The summed E-state index contributed by atoms with van der Waals surface area (Å²) >= 11 is 7.65. The van der Waals surface area contributed by atoms with Crippen LogP contribution in [0.1, 0.15) is 13.8 Å². The molecule has 0 fully saturated rings. The second-order valence-corrected chi connectivity index (χ2v) is 2.52. The van der Waals surface area contributed by atoms with Crippen LogP contribution in [0.5, 0.6) is 0 Å². The van der Waals surface area contributed by atoms with E-state index in [-0.39, 0.29) is 4.32 Å². The van der Waals surface area contributed by atoms with Crippen LogP contribution in [0.4, 0.5) is 0 Å². The van der Waals surface area contributed by atoms with Gasteiger partial charge in [0.1, 0.15) is 4.32 Å². The summed E-state index contributed by atoms with van der Waals surface area (Å²) in [6.07, 6.45) is 0. The van der Waals surface area contributed by atoms with Crippen molar-refractivity contribution < 1.29 is 0 Å². The third-order valence-corrected chi connectivity index (χ3v) is 0.500. The Balaban J connectivity index is 0. The number of hydrogen-bond donors (Lipinski definition) is 3. The zero-order valence-electron chi connectivity index (χ0n) is 5.85. The number of hydrogen-bond acceptors (Lipinski definition) is 2. The first-order valence-corrected chi connectivity index (χ1v) is 3.69. The molecule has 9 heavy (non-hydrogen) atoms.